The lowest BCUT2D eigenvalue weighted by molar-refractivity contribution is -0.125. The molecule has 0 radical (unpaired) electrons. The Bertz CT molecular complexity index is 2900. The SMILES string of the molecule is O=C(c1ccccc1)c1ccccc1C(=O)N(CCc1cn(C(c2ccccc2)(c2ccccc2)c2ccccc2)cn1)[C@H](Cc1ccccc1)C(=O)NCC(c1ccccc1)c1ccccc1. The molecule has 0 aliphatic heterocycles. The second-order valence-electron chi connectivity index (χ2n) is 16.9. The average Bonchev–Trinajstić information content (AvgIpc) is 3.89. The molecule has 0 saturated heterocycles. The van der Waals surface area contributed by atoms with E-state index in [0.717, 1.165) is 39.1 Å². The van der Waals surface area contributed by atoms with Gasteiger partial charge in [0.15, 0.2) is 5.78 Å². The second-order valence-corrected chi connectivity index (χ2v) is 16.9. The van der Waals surface area contributed by atoms with Crippen LogP contribution in [0.1, 0.15) is 71.3 Å². The fraction of sp³-hybridized carbons (Fsp3) is 0.115. The number of nitrogens with one attached hydrogen (secondary N) is 1. The van der Waals surface area contributed by atoms with Gasteiger partial charge in [0.1, 0.15) is 11.6 Å². The molecule has 2 amide bonds. The highest BCUT2D eigenvalue weighted by Crippen LogP contribution is 2.41. The number of nitrogens with zero attached hydrogens (tertiary/aromatic N) is 3. The zero-order chi connectivity index (χ0) is 46.5. The van der Waals surface area contributed by atoms with E-state index < -0.39 is 17.5 Å². The molecule has 1 heterocycles. The topological polar surface area (TPSA) is 84.3 Å². The monoisotopic (exact) mass is 888 g/mol. The molecule has 0 bridgehead atoms. The minimum absolute atomic E-state index is 0.129. The molecule has 0 fully saturated rings. The molecule has 7 heteroatoms. The van der Waals surface area contributed by atoms with E-state index in [0.29, 0.717) is 18.5 Å². The number of amides is 2. The predicted molar refractivity (Wildman–Crippen MR) is 270 cm³/mol. The summed E-state index contributed by atoms with van der Waals surface area (Å²) in [6, 6.07) is 76.2. The van der Waals surface area contributed by atoms with Crippen molar-refractivity contribution in [3.8, 4) is 0 Å². The molecule has 0 aliphatic rings. The van der Waals surface area contributed by atoms with Crippen LogP contribution >= 0.6 is 0 Å². The minimum Gasteiger partial charge on any atom is -0.353 e. The molecule has 7 nitrogen and oxygen atoms in total. The van der Waals surface area contributed by atoms with Gasteiger partial charge in [-0.3, -0.25) is 14.4 Å². The maximum atomic E-state index is 15.5. The van der Waals surface area contributed by atoms with Gasteiger partial charge in [0.25, 0.3) is 5.91 Å². The number of rotatable bonds is 18. The number of benzene rings is 8. The van der Waals surface area contributed by atoms with Crippen molar-refractivity contribution in [3.63, 3.8) is 0 Å². The van der Waals surface area contributed by atoms with Crippen molar-refractivity contribution in [2.75, 3.05) is 13.1 Å². The molecule has 1 aromatic heterocycles. The van der Waals surface area contributed by atoms with Crippen LogP contribution in [0.3, 0.4) is 0 Å². The fourth-order valence-corrected chi connectivity index (χ4v) is 9.36. The van der Waals surface area contributed by atoms with E-state index in [1.807, 2.05) is 109 Å². The van der Waals surface area contributed by atoms with Crippen LogP contribution in [0.15, 0.2) is 249 Å². The van der Waals surface area contributed by atoms with Gasteiger partial charge in [0, 0.05) is 49.2 Å². The van der Waals surface area contributed by atoms with Gasteiger partial charge in [0.05, 0.1) is 17.6 Å². The molecule has 0 unspecified atom stereocenters. The summed E-state index contributed by atoms with van der Waals surface area (Å²) in [5.41, 5.74) is 7.09. The third-order valence-corrected chi connectivity index (χ3v) is 12.7. The zero-order valence-electron chi connectivity index (χ0n) is 37.7. The molecule has 1 N–H and O–H groups in total. The largest absolute Gasteiger partial charge is 0.353 e. The lowest BCUT2D eigenvalue weighted by Crippen LogP contribution is -2.52. The smallest absolute Gasteiger partial charge is 0.255 e. The Balaban J connectivity index is 1.12. The maximum absolute atomic E-state index is 15.5. The molecular formula is C61H52N4O3. The fourth-order valence-electron chi connectivity index (χ4n) is 9.36. The number of hydrogen-bond acceptors (Lipinski definition) is 4. The first-order chi connectivity index (χ1) is 33.5. The highest BCUT2D eigenvalue weighted by molar-refractivity contribution is 6.15. The Kier molecular flexibility index (Phi) is 14.0. The molecule has 334 valence electrons. The second kappa shape index (κ2) is 21.3. The molecule has 9 aromatic rings. The quantitative estimate of drug-likeness (QED) is 0.0687. The van der Waals surface area contributed by atoms with Crippen LogP contribution in [-0.4, -0.2) is 51.2 Å². The van der Waals surface area contributed by atoms with Crippen molar-refractivity contribution in [2.24, 2.45) is 0 Å². The van der Waals surface area contributed by atoms with E-state index in [1.54, 1.807) is 41.3 Å². The molecule has 8 aromatic carbocycles. The molecule has 0 spiro atoms. The lowest BCUT2D eigenvalue weighted by atomic mass is 9.77. The average molecular weight is 889 g/mol. The van der Waals surface area contributed by atoms with Crippen molar-refractivity contribution in [3.05, 3.63) is 305 Å². The Labute approximate surface area is 398 Å². The summed E-state index contributed by atoms with van der Waals surface area (Å²) < 4.78 is 2.16. The van der Waals surface area contributed by atoms with Gasteiger partial charge in [-0.15, -0.1) is 0 Å². The van der Waals surface area contributed by atoms with Crippen LogP contribution in [0.2, 0.25) is 0 Å². The number of carbonyl (C=O) groups excluding carboxylic acids is 3. The van der Waals surface area contributed by atoms with Gasteiger partial charge in [-0.25, -0.2) is 4.98 Å². The molecule has 68 heavy (non-hydrogen) atoms. The van der Waals surface area contributed by atoms with Gasteiger partial charge in [-0.05, 0) is 39.4 Å². The van der Waals surface area contributed by atoms with E-state index in [2.05, 4.69) is 113 Å². The van der Waals surface area contributed by atoms with Crippen molar-refractivity contribution in [1.29, 1.82) is 0 Å². The highest BCUT2D eigenvalue weighted by atomic mass is 16.2. The van der Waals surface area contributed by atoms with Gasteiger partial charge in [-0.1, -0.05) is 231 Å². The standard InChI is InChI=1S/C61H52N4O3/c66-58(49-30-14-4-15-31-49)54-38-22-23-39-55(54)60(68)65(57(42-46-24-8-1-9-25-46)59(67)62-43-56(47-26-10-2-11-27-47)48-28-12-3-13-29-48)41-40-53-44-64(45-63-53)61(50-32-16-5-17-33-50,51-34-18-6-19-35-51)52-36-20-7-21-37-52/h1-39,44-45,56-57H,40-43H2,(H,62,67)/t57-/m1/s1. The van der Waals surface area contributed by atoms with Crippen LogP contribution in [0.5, 0.6) is 0 Å². The summed E-state index contributed by atoms with van der Waals surface area (Å²) in [5, 5.41) is 3.31. The Morgan fingerprint density at radius 2 is 0.971 bits per heavy atom. The summed E-state index contributed by atoms with van der Waals surface area (Å²) in [7, 11) is 0. The van der Waals surface area contributed by atoms with Crippen LogP contribution < -0.4 is 5.32 Å². The summed E-state index contributed by atoms with van der Waals surface area (Å²) in [5.74, 6) is -1.14. The third-order valence-electron chi connectivity index (χ3n) is 12.7. The Morgan fingerprint density at radius 3 is 1.49 bits per heavy atom. The minimum atomic E-state index is -0.962. The first-order valence-electron chi connectivity index (χ1n) is 23.1. The van der Waals surface area contributed by atoms with Crippen LogP contribution in [-0.2, 0) is 23.2 Å². The first kappa shape index (κ1) is 44.8. The normalized spacial score (nSPS) is 11.7. The Morgan fingerprint density at radius 1 is 0.529 bits per heavy atom. The number of carbonyl (C=O) groups is 3. The molecule has 0 aliphatic carbocycles. The van der Waals surface area contributed by atoms with Crippen molar-refractivity contribution in [1.82, 2.24) is 19.8 Å². The van der Waals surface area contributed by atoms with Crippen LogP contribution in [0, 0.1) is 0 Å². The summed E-state index contributed by atoms with van der Waals surface area (Å²) in [6.07, 6.45) is 4.47. The van der Waals surface area contributed by atoms with Crippen LogP contribution in [0.4, 0.5) is 0 Å². The number of ketones is 1. The van der Waals surface area contributed by atoms with Crippen molar-refractivity contribution in [2.45, 2.75) is 30.3 Å². The lowest BCUT2D eigenvalue weighted by Gasteiger charge is -2.37. The van der Waals surface area contributed by atoms with E-state index in [1.165, 1.54) is 0 Å². The number of aromatic nitrogens is 2. The van der Waals surface area contributed by atoms with E-state index in [4.69, 9.17) is 4.98 Å². The van der Waals surface area contributed by atoms with E-state index in [9.17, 15) is 4.79 Å². The molecule has 9 rings (SSSR count). The van der Waals surface area contributed by atoms with Crippen molar-refractivity contribution >= 4 is 17.6 Å². The van der Waals surface area contributed by atoms with E-state index >= 15 is 9.59 Å². The summed E-state index contributed by atoms with van der Waals surface area (Å²) >= 11 is 0. The summed E-state index contributed by atoms with van der Waals surface area (Å²) in [4.78, 5) is 51.6. The van der Waals surface area contributed by atoms with E-state index in [-0.39, 0.29) is 41.7 Å². The van der Waals surface area contributed by atoms with Gasteiger partial charge in [0.2, 0.25) is 5.91 Å². The Hall–Kier alpha value is -8.42. The predicted octanol–water partition coefficient (Wildman–Crippen LogP) is 11.2. The maximum Gasteiger partial charge on any atom is 0.255 e. The van der Waals surface area contributed by atoms with Gasteiger partial charge < -0.3 is 14.8 Å². The summed E-state index contributed by atoms with van der Waals surface area (Å²) in [6.45, 7) is 0.429. The molecular weight excluding hydrogens is 837 g/mol. The highest BCUT2D eigenvalue weighted by Gasteiger charge is 2.39. The number of imidazole rings is 1. The van der Waals surface area contributed by atoms with Crippen LogP contribution in [0.25, 0.3) is 0 Å². The first-order valence-corrected chi connectivity index (χ1v) is 23.1. The molecule has 0 saturated carbocycles. The van der Waals surface area contributed by atoms with Gasteiger partial charge in [-0.2, -0.15) is 0 Å². The van der Waals surface area contributed by atoms with Gasteiger partial charge >= 0.3 is 0 Å². The molecule has 1 atom stereocenters. The zero-order valence-corrected chi connectivity index (χ0v) is 37.7. The van der Waals surface area contributed by atoms with Crippen molar-refractivity contribution < 1.29 is 14.4 Å². The third kappa shape index (κ3) is 9.74. The number of hydrogen-bond donors (Lipinski definition) is 1.